The number of nitrogens with two attached hydrogens (primary N) is 1. The maximum Gasteiger partial charge on any atom is 0.288 e. The smallest absolute Gasteiger partial charge is 0.288 e. The standard InChI is InChI=1S/C29H32N6O3/c1-33(2)16-6-9-25(36)34-17-14-21(15-18-34)35-19-24(26-27(35)29(37)32-31-28(26)30)20-10-12-23(13-11-20)38-22-7-4-3-5-8-22/h3-13,19,21H,14-18H2,1-2H3,(H2,30,31)(H,32,37)/b9-6+. The third-order valence-corrected chi connectivity index (χ3v) is 6.83. The summed E-state index contributed by atoms with van der Waals surface area (Å²) in [6, 6.07) is 17.4. The molecule has 3 heterocycles. The second-order valence-electron chi connectivity index (χ2n) is 9.77. The van der Waals surface area contributed by atoms with E-state index in [0.717, 1.165) is 36.3 Å². The van der Waals surface area contributed by atoms with Crippen LogP contribution in [0.25, 0.3) is 22.0 Å². The summed E-state index contributed by atoms with van der Waals surface area (Å²) >= 11 is 0. The van der Waals surface area contributed by atoms with Crippen LogP contribution in [0.2, 0.25) is 0 Å². The zero-order valence-corrected chi connectivity index (χ0v) is 21.6. The maximum atomic E-state index is 13.0. The fraction of sp³-hybridized carbons (Fsp3) is 0.276. The molecule has 0 atom stereocenters. The first-order valence-corrected chi connectivity index (χ1v) is 12.7. The van der Waals surface area contributed by atoms with Crippen LogP contribution < -0.4 is 16.0 Å². The van der Waals surface area contributed by atoms with Crippen molar-refractivity contribution in [2.24, 2.45) is 0 Å². The van der Waals surface area contributed by atoms with Gasteiger partial charge in [0.25, 0.3) is 5.56 Å². The highest BCUT2D eigenvalue weighted by Gasteiger charge is 2.26. The van der Waals surface area contributed by atoms with Gasteiger partial charge in [0.1, 0.15) is 17.0 Å². The van der Waals surface area contributed by atoms with Gasteiger partial charge in [0.15, 0.2) is 5.82 Å². The molecule has 1 fully saturated rings. The van der Waals surface area contributed by atoms with E-state index in [2.05, 4.69) is 10.2 Å². The van der Waals surface area contributed by atoms with Crippen molar-refractivity contribution < 1.29 is 9.53 Å². The molecule has 3 N–H and O–H groups in total. The van der Waals surface area contributed by atoms with E-state index >= 15 is 0 Å². The van der Waals surface area contributed by atoms with Crippen molar-refractivity contribution in [1.82, 2.24) is 24.6 Å². The van der Waals surface area contributed by atoms with Crippen molar-refractivity contribution in [2.75, 3.05) is 39.5 Å². The van der Waals surface area contributed by atoms with Crippen molar-refractivity contribution in [3.05, 3.63) is 83.3 Å². The van der Waals surface area contributed by atoms with Gasteiger partial charge < -0.3 is 24.8 Å². The average molecular weight is 513 g/mol. The molecule has 0 saturated carbocycles. The third kappa shape index (κ3) is 5.33. The molecule has 1 aliphatic rings. The number of H-pyrrole nitrogens is 1. The number of carbonyl (C=O) groups excluding carboxylic acids is 1. The molecule has 0 aliphatic carbocycles. The SMILES string of the molecule is CN(C)C/C=C/C(=O)N1CCC(n2cc(-c3ccc(Oc4ccccc4)cc3)c3c(N)n[nH]c(=O)c32)CC1. The average Bonchev–Trinajstić information content (AvgIpc) is 3.34. The Morgan fingerprint density at radius 2 is 1.79 bits per heavy atom. The Labute approximate surface area is 221 Å². The van der Waals surface area contributed by atoms with E-state index in [-0.39, 0.29) is 23.3 Å². The number of hydrogen-bond donors (Lipinski definition) is 2. The lowest BCUT2D eigenvalue weighted by Crippen LogP contribution is -2.38. The summed E-state index contributed by atoms with van der Waals surface area (Å²) in [5.74, 6) is 1.77. The lowest BCUT2D eigenvalue weighted by molar-refractivity contribution is -0.127. The molecule has 0 bridgehead atoms. The van der Waals surface area contributed by atoms with Crippen LogP contribution in [0.5, 0.6) is 11.5 Å². The molecule has 9 nitrogen and oxygen atoms in total. The van der Waals surface area contributed by atoms with Gasteiger partial charge in [-0.2, -0.15) is 5.10 Å². The molecule has 1 amide bonds. The molecule has 0 radical (unpaired) electrons. The Kier molecular flexibility index (Phi) is 7.28. The lowest BCUT2D eigenvalue weighted by Gasteiger charge is -2.32. The van der Waals surface area contributed by atoms with E-state index in [1.54, 1.807) is 6.08 Å². The zero-order valence-electron chi connectivity index (χ0n) is 21.6. The van der Waals surface area contributed by atoms with Gasteiger partial charge in [-0.25, -0.2) is 5.10 Å². The van der Waals surface area contributed by atoms with E-state index < -0.39 is 0 Å². The molecule has 1 saturated heterocycles. The number of likely N-dealkylation sites (N-methyl/N-ethyl adjacent to an activating group) is 1. The summed E-state index contributed by atoms with van der Waals surface area (Å²) < 4.78 is 7.94. The van der Waals surface area contributed by atoms with E-state index in [4.69, 9.17) is 10.5 Å². The number of hydrogen-bond acceptors (Lipinski definition) is 6. The Morgan fingerprint density at radius 1 is 1.11 bits per heavy atom. The van der Waals surface area contributed by atoms with Gasteiger partial charge in [0, 0.05) is 43.5 Å². The Morgan fingerprint density at radius 3 is 2.47 bits per heavy atom. The molecular weight excluding hydrogens is 480 g/mol. The number of likely N-dealkylation sites (tertiary alicyclic amines) is 1. The van der Waals surface area contributed by atoms with Crippen LogP contribution in [0.3, 0.4) is 0 Å². The quantitative estimate of drug-likeness (QED) is 0.362. The number of carbonyl (C=O) groups is 1. The number of amides is 1. The minimum absolute atomic E-state index is 0.0208. The van der Waals surface area contributed by atoms with Gasteiger partial charge >= 0.3 is 0 Å². The molecule has 0 unspecified atom stereocenters. The number of benzene rings is 2. The monoisotopic (exact) mass is 512 g/mol. The number of aromatic amines is 1. The van der Waals surface area contributed by atoms with E-state index in [1.807, 2.05) is 95.3 Å². The highest BCUT2D eigenvalue weighted by Crippen LogP contribution is 2.37. The predicted octanol–water partition coefficient (Wildman–Crippen LogP) is 4.05. The van der Waals surface area contributed by atoms with Crippen LogP contribution in [0.15, 0.2) is 77.7 Å². The molecule has 196 valence electrons. The number of anilines is 1. The molecule has 2 aromatic carbocycles. The molecular formula is C29H32N6O3. The van der Waals surface area contributed by atoms with Crippen molar-refractivity contribution in [1.29, 1.82) is 0 Å². The third-order valence-electron chi connectivity index (χ3n) is 6.83. The number of aromatic nitrogens is 3. The van der Waals surface area contributed by atoms with Crippen LogP contribution in [-0.2, 0) is 4.79 Å². The Balaban J connectivity index is 1.40. The fourth-order valence-corrected chi connectivity index (χ4v) is 4.90. The van der Waals surface area contributed by atoms with Gasteiger partial charge in [0.05, 0.1) is 5.39 Å². The van der Waals surface area contributed by atoms with Crippen molar-refractivity contribution in [3.8, 4) is 22.6 Å². The number of piperidine rings is 1. The topological polar surface area (TPSA) is 109 Å². The second kappa shape index (κ2) is 10.9. The number of rotatable bonds is 7. The maximum absolute atomic E-state index is 13.0. The van der Waals surface area contributed by atoms with Crippen molar-refractivity contribution in [2.45, 2.75) is 18.9 Å². The minimum atomic E-state index is -0.283. The second-order valence-corrected chi connectivity index (χ2v) is 9.77. The number of fused-ring (bicyclic) bond motifs is 1. The lowest BCUT2D eigenvalue weighted by atomic mass is 10.0. The van der Waals surface area contributed by atoms with Crippen LogP contribution in [0.4, 0.5) is 5.82 Å². The molecule has 5 rings (SSSR count). The van der Waals surface area contributed by atoms with Crippen LogP contribution in [0, 0.1) is 0 Å². The van der Waals surface area contributed by atoms with Gasteiger partial charge in [-0.3, -0.25) is 9.59 Å². The van der Waals surface area contributed by atoms with Crippen LogP contribution >= 0.6 is 0 Å². The van der Waals surface area contributed by atoms with E-state index in [1.165, 1.54) is 0 Å². The molecule has 4 aromatic rings. The Bertz CT molecular complexity index is 1500. The number of nitrogen functional groups attached to an aromatic ring is 1. The Hall–Kier alpha value is -4.37. The predicted molar refractivity (Wildman–Crippen MR) is 149 cm³/mol. The normalized spacial score (nSPS) is 14.6. The largest absolute Gasteiger partial charge is 0.457 e. The summed E-state index contributed by atoms with van der Waals surface area (Å²) in [5, 5.41) is 7.21. The fourth-order valence-electron chi connectivity index (χ4n) is 4.90. The first-order chi connectivity index (χ1) is 18.4. The zero-order chi connectivity index (χ0) is 26.6. The number of ether oxygens (including phenoxy) is 1. The molecule has 0 spiro atoms. The van der Waals surface area contributed by atoms with Crippen molar-refractivity contribution in [3.63, 3.8) is 0 Å². The van der Waals surface area contributed by atoms with Crippen molar-refractivity contribution >= 4 is 22.6 Å². The van der Waals surface area contributed by atoms with Gasteiger partial charge in [-0.1, -0.05) is 36.4 Å². The van der Waals surface area contributed by atoms with Gasteiger partial charge in [0.2, 0.25) is 5.91 Å². The summed E-state index contributed by atoms with van der Waals surface area (Å²) in [6.07, 6.45) is 6.99. The molecule has 9 heteroatoms. The van der Waals surface area contributed by atoms with E-state index in [9.17, 15) is 9.59 Å². The number of nitrogens with zero attached hydrogens (tertiary/aromatic N) is 4. The highest BCUT2D eigenvalue weighted by atomic mass is 16.5. The number of nitrogens with one attached hydrogen (secondary N) is 1. The molecule has 38 heavy (non-hydrogen) atoms. The first-order valence-electron chi connectivity index (χ1n) is 12.7. The van der Waals surface area contributed by atoms with E-state index in [0.29, 0.717) is 29.7 Å². The van der Waals surface area contributed by atoms with Crippen LogP contribution in [-0.4, -0.2) is 64.2 Å². The first kappa shape index (κ1) is 25.3. The highest BCUT2D eigenvalue weighted by molar-refractivity contribution is 6.02. The molecule has 2 aromatic heterocycles. The van der Waals surface area contributed by atoms with Gasteiger partial charge in [-0.15, -0.1) is 0 Å². The molecule has 1 aliphatic heterocycles. The number of para-hydroxylation sites is 1. The summed E-state index contributed by atoms with van der Waals surface area (Å²) in [4.78, 5) is 29.4. The summed E-state index contributed by atoms with van der Waals surface area (Å²) in [6.45, 7) is 1.96. The van der Waals surface area contributed by atoms with Crippen LogP contribution in [0.1, 0.15) is 18.9 Å². The summed E-state index contributed by atoms with van der Waals surface area (Å²) in [7, 11) is 3.93. The summed E-state index contributed by atoms with van der Waals surface area (Å²) in [5.41, 5.74) is 8.26. The minimum Gasteiger partial charge on any atom is -0.457 e. The van der Waals surface area contributed by atoms with Gasteiger partial charge in [-0.05, 0) is 56.8 Å².